The van der Waals surface area contributed by atoms with Crippen LogP contribution in [0.1, 0.15) is 62.3 Å². The molecule has 4 atom stereocenters. The van der Waals surface area contributed by atoms with Crippen LogP contribution in [0.4, 0.5) is 0 Å². The SMILES string of the molecule is CC(C)(C)C(=O)O[C@@H]1[C@@H](OC(=O)C(C)(C)C)[C@H](OC(=O)C(C)(C)C)CS[C@H]1Oc1cccnc1. The van der Waals surface area contributed by atoms with E-state index in [1.54, 1.807) is 86.8 Å². The molecule has 1 aliphatic heterocycles. The zero-order valence-corrected chi connectivity index (χ0v) is 22.4. The Balaban J connectivity index is 2.45. The molecule has 8 nitrogen and oxygen atoms in total. The summed E-state index contributed by atoms with van der Waals surface area (Å²) < 4.78 is 23.6. The molecule has 2 heterocycles. The van der Waals surface area contributed by atoms with Crippen molar-refractivity contribution in [3.63, 3.8) is 0 Å². The minimum Gasteiger partial charge on any atom is -0.474 e. The molecular weight excluding hydrogens is 458 g/mol. The number of aromatic nitrogens is 1. The van der Waals surface area contributed by atoms with Gasteiger partial charge in [-0.05, 0) is 74.4 Å². The van der Waals surface area contributed by atoms with Crippen molar-refractivity contribution in [2.45, 2.75) is 86.1 Å². The van der Waals surface area contributed by atoms with Gasteiger partial charge < -0.3 is 18.9 Å². The second kappa shape index (κ2) is 10.5. The van der Waals surface area contributed by atoms with Crippen LogP contribution < -0.4 is 4.74 Å². The van der Waals surface area contributed by atoms with Gasteiger partial charge in [-0.1, -0.05) is 0 Å². The summed E-state index contributed by atoms with van der Waals surface area (Å²) in [7, 11) is 0. The Morgan fingerprint density at radius 3 is 1.79 bits per heavy atom. The fourth-order valence-corrected chi connectivity index (χ4v) is 3.90. The number of hydrogen-bond acceptors (Lipinski definition) is 9. The van der Waals surface area contributed by atoms with Gasteiger partial charge in [0.2, 0.25) is 0 Å². The van der Waals surface area contributed by atoms with Gasteiger partial charge in [0.1, 0.15) is 5.75 Å². The minimum absolute atomic E-state index is 0.290. The van der Waals surface area contributed by atoms with Crippen molar-refractivity contribution in [3.05, 3.63) is 24.5 Å². The highest BCUT2D eigenvalue weighted by Gasteiger charge is 2.50. The van der Waals surface area contributed by atoms with E-state index < -0.39 is 57.9 Å². The fourth-order valence-electron chi connectivity index (χ4n) is 2.68. The summed E-state index contributed by atoms with van der Waals surface area (Å²) in [4.78, 5) is 42.6. The highest BCUT2D eigenvalue weighted by molar-refractivity contribution is 7.99. The first-order chi connectivity index (χ1) is 15.5. The first kappa shape index (κ1) is 28.0. The maximum absolute atomic E-state index is 12.9. The molecule has 1 fully saturated rings. The third-order valence-corrected chi connectivity index (χ3v) is 6.07. The predicted molar refractivity (Wildman–Crippen MR) is 129 cm³/mol. The number of rotatable bonds is 5. The molecule has 1 aromatic heterocycles. The summed E-state index contributed by atoms with van der Waals surface area (Å²) >= 11 is 1.32. The Morgan fingerprint density at radius 1 is 0.824 bits per heavy atom. The summed E-state index contributed by atoms with van der Waals surface area (Å²) in [5.74, 6) is -0.667. The highest BCUT2D eigenvalue weighted by atomic mass is 32.2. The van der Waals surface area contributed by atoms with E-state index in [1.807, 2.05) is 0 Å². The van der Waals surface area contributed by atoms with E-state index in [1.165, 1.54) is 11.8 Å². The molecule has 1 aliphatic rings. The Kier molecular flexibility index (Phi) is 8.67. The molecule has 0 amide bonds. The van der Waals surface area contributed by atoms with Crippen molar-refractivity contribution >= 4 is 29.7 Å². The maximum Gasteiger partial charge on any atom is 0.311 e. The van der Waals surface area contributed by atoms with Gasteiger partial charge in [0.25, 0.3) is 0 Å². The number of hydrogen-bond donors (Lipinski definition) is 0. The van der Waals surface area contributed by atoms with Gasteiger partial charge in [-0.25, -0.2) is 0 Å². The number of nitrogens with zero attached hydrogens (tertiary/aromatic N) is 1. The monoisotopic (exact) mass is 495 g/mol. The molecule has 0 radical (unpaired) electrons. The van der Waals surface area contributed by atoms with Crippen LogP contribution in [-0.4, -0.2) is 52.4 Å². The third-order valence-electron chi connectivity index (χ3n) is 4.85. The zero-order chi connectivity index (χ0) is 25.9. The Labute approximate surface area is 206 Å². The van der Waals surface area contributed by atoms with E-state index in [9.17, 15) is 14.4 Å². The lowest BCUT2D eigenvalue weighted by atomic mass is 9.95. The summed E-state index contributed by atoms with van der Waals surface area (Å²) in [6.45, 7) is 15.6. The minimum atomic E-state index is -1.05. The molecule has 190 valence electrons. The van der Waals surface area contributed by atoms with E-state index in [4.69, 9.17) is 18.9 Å². The van der Waals surface area contributed by atoms with Crippen molar-refractivity contribution in [1.82, 2.24) is 4.98 Å². The second-order valence-electron chi connectivity index (χ2n) is 11.4. The van der Waals surface area contributed by atoms with E-state index in [-0.39, 0.29) is 0 Å². The first-order valence-corrected chi connectivity index (χ1v) is 12.4. The molecule has 34 heavy (non-hydrogen) atoms. The van der Waals surface area contributed by atoms with Crippen LogP contribution in [0.25, 0.3) is 0 Å². The van der Waals surface area contributed by atoms with Gasteiger partial charge in [-0.15, -0.1) is 11.8 Å². The highest BCUT2D eigenvalue weighted by Crippen LogP contribution is 2.37. The predicted octanol–water partition coefficient (Wildman–Crippen LogP) is 4.41. The average Bonchev–Trinajstić information content (AvgIpc) is 2.70. The van der Waals surface area contributed by atoms with Crippen molar-refractivity contribution < 1.29 is 33.3 Å². The normalized spacial score (nSPS) is 23.6. The molecule has 9 heteroatoms. The van der Waals surface area contributed by atoms with Gasteiger partial charge in [0.15, 0.2) is 23.7 Å². The van der Waals surface area contributed by atoms with E-state index in [0.717, 1.165) is 0 Å². The lowest BCUT2D eigenvalue weighted by molar-refractivity contribution is -0.199. The first-order valence-electron chi connectivity index (χ1n) is 11.3. The van der Waals surface area contributed by atoms with E-state index in [2.05, 4.69) is 4.98 Å². The summed E-state index contributed by atoms with van der Waals surface area (Å²) in [5, 5.41) is 0. The Bertz CT molecular complexity index is 868. The standard InChI is InChI=1S/C25H37NO7S/c1-23(2,3)20(27)31-16-14-34-19(30-15-11-10-12-26-13-15)18(33-22(29)25(7,8)9)17(16)32-21(28)24(4,5)6/h10-13,16-19H,14H2,1-9H3/t16-,17+,18-,19-/m1/s1. The molecule has 0 N–H and O–H groups in total. The molecule has 0 aliphatic carbocycles. The lowest BCUT2D eigenvalue weighted by Gasteiger charge is -2.42. The van der Waals surface area contributed by atoms with Gasteiger partial charge in [0.05, 0.1) is 22.4 Å². The van der Waals surface area contributed by atoms with E-state index >= 15 is 0 Å². The lowest BCUT2D eigenvalue weighted by Crippen LogP contribution is -2.57. The average molecular weight is 496 g/mol. The van der Waals surface area contributed by atoms with Gasteiger partial charge in [-0.2, -0.15) is 0 Å². The molecule has 0 spiro atoms. The topological polar surface area (TPSA) is 101 Å². The van der Waals surface area contributed by atoms with Crippen LogP contribution in [0.3, 0.4) is 0 Å². The number of carbonyl (C=O) groups is 3. The molecular formula is C25H37NO7S. The van der Waals surface area contributed by atoms with Crippen LogP contribution in [0.2, 0.25) is 0 Å². The third kappa shape index (κ3) is 7.61. The van der Waals surface area contributed by atoms with Crippen molar-refractivity contribution in [3.8, 4) is 5.75 Å². The zero-order valence-electron chi connectivity index (χ0n) is 21.5. The van der Waals surface area contributed by atoms with Crippen LogP contribution in [-0.2, 0) is 28.6 Å². The maximum atomic E-state index is 12.9. The molecule has 2 rings (SSSR count). The molecule has 1 aromatic rings. The number of esters is 3. The van der Waals surface area contributed by atoms with Crippen LogP contribution >= 0.6 is 11.8 Å². The summed E-state index contributed by atoms with van der Waals surface area (Å²) in [6.07, 6.45) is 0.274. The number of carbonyl (C=O) groups excluding carboxylic acids is 3. The largest absolute Gasteiger partial charge is 0.474 e. The summed E-state index contributed by atoms with van der Waals surface area (Å²) in [5.41, 5.74) is -3.10. The summed E-state index contributed by atoms with van der Waals surface area (Å²) in [6, 6.07) is 3.46. The number of thioether (sulfide) groups is 1. The van der Waals surface area contributed by atoms with Crippen molar-refractivity contribution in [2.24, 2.45) is 16.2 Å². The van der Waals surface area contributed by atoms with Crippen molar-refractivity contribution in [2.75, 3.05) is 5.75 Å². The Morgan fingerprint density at radius 2 is 1.32 bits per heavy atom. The molecule has 0 bridgehead atoms. The quantitative estimate of drug-likeness (QED) is 0.434. The van der Waals surface area contributed by atoms with Gasteiger partial charge in [-0.3, -0.25) is 19.4 Å². The number of ether oxygens (including phenoxy) is 4. The van der Waals surface area contributed by atoms with E-state index in [0.29, 0.717) is 11.5 Å². The second-order valence-corrected chi connectivity index (χ2v) is 12.6. The van der Waals surface area contributed by atoms with Gasteiger partial charge in [0, 0.05) is 11.9 Å². The molecule has 1 saturated heterocycles. The van der Waals surface area contributed by atoms with Gasteiger partial charge >= 0.3 is 17.9 Å². The van der Waals surface area contributed by atoms with Crippen molar-refractivity contribution in [1.29, 1.82) is 0 Å². The fraction of sp³-hybridized carbons (Fsp3) is 0.680. The molecule has 0 unspecified atom stereocenters. The smallest absolute Gasteiger partial charge is 0.311 e. The van der Waals surface area contributed by atoms with Crippen LogP contribution in [0.15, 0.2) is 24.5 Å². The van der Waals surface area contributed by atoms with Crippen LogP contribution in [0, 0.1) is 16.2 Å². The number of pyridine rings is 1. The van der Waals surface area contributed by atoms with Crippen LogP contribution in [0.5, 0.6) is 5.75 Å². The molecule has 0 aromatic carbocycles. The Hall–Kier alpha value is -2.29. The molecule has 0 saturated carbocycles.